The number of aryl methyl sites for hydroxylation is 1. The molecule has 1 N–H and O–H groups in total. The molecule has 0 unspecified atom stereocenters. The highest BCUT2D eigenvalue weighted by Crippen LogP contribution is 2.11. The molecule has 7 heteroatoms. The van der Waals surface area contributed by atoms with Gasteiger partial charge >= 0.3 is 5.97 Å². The van der Waals surface area contributed by atoms with Gasteiger partial charge in [-0.1, -0.05) is 12.1 Å². The summed E-state index contributed by atoms with van der Waals surface area (Å²) in [7, 11) is 0. The molecule has 0 bridgehead atoms. The van der Waals surface area contributed by atoms with E-state index >= 15 is 0 Å². The summed E-state index contributed by atoms with van der Waals surface area (Å²) in [5.74, 6) is -0.106. The lowest BCUT2D eigenvalue weighted by Gasteiger charge is -2.05. The van der Waals surface area contributed by atoms with Crippen LogP contribution in [0.2, 0.25) is 0 Å². The number of carbonyl (C=O) groups is 1. The monoisotopic (exact) mass is 337 g/mol. The lowest BCUT2D eigenvalue weighted by atomic mass is 10.2. The first-order chi connectivity index (χ1) is 12.0. The number of fused-ring (bicyclic) bond motifs is 1. The molecule has 0 aliphatic carbocycles. The van der Waals surface area contributed by atoms with E-state index < -0.39 is 12.6 Å². The summed E-state index contributed by atoms with van der Waals surface area (Å²) >= 11 is 0. The largest absolute Gasteiger partial charge is 0.482 e. The van der Waals surface area contributed by atoms with Gasteiger partial charge in [0.25, 0.3) is 5.56 Å². The molecule has 0 fully saturated rings. The predicted molar refractivity (Wildman–Crippen MR) is 93.3 cm³/mol. The highest BCUT2D eigenvalue weighted by molar-refractivity contribution is 5.80. The van der Waals surface area contributed by atoms with Crippen molar-refractivity contribution in [3.05, 3.63) is 70.3 Å². The van der Waals surface area contributed by atoms with E-state index in [2.05, 4.69) is 10.1 Å². The van der Waals surface area contributed by atoms with Gasteiger partial charge in [-0.25, -0.2) is 9.78 Å². The summed E-state index contributed by atoms with van der Waals surface area (Å²) in [6.07, 6.45) is 1.53. The zero-order valence-corrected chi connectivity index (χ0v) is 13.4. The van der Waals surface area contributed by atoms with E-state index in [1.807, 2.05) is 6.07 Å². The quantitative estimate of drug-likeness (QED) is 0.719. The second-order valence-electron chi connectivity index (χ2n) is 5.29. The number of carboxylic acid groups (broad SMARTS) is 1. The van der Waals surface area contributed by atoms with Crippen LogP contribution >= 0.6 is 0 Å². The second kappa shape index (κ2) is 6.96. The van der Waals surface area contributed by atoms with Gasteiger partial charge in [0.05, 0.1) is 17.1 Å². The Kier molecular flexibility index (Phi) is 4.56. The molecule has 0 spiro atoms. The number of aliphatic carboxylic acids is 1. The van der Waals surface area contributed by atoms with Crippen LogP contribution in [0, 0.1) is 6.92 Å². The maximum absolute atomic E-state index is 12.5. The van der Waals surface area contributed by atoms with Crippen LogP contribution < -0.4 is 10.3 Å². The molecule has 3 rings (SSSR count). The molecule has 7 nitrogen and oxygen atoms in total. The highest BCUT2D eigenvalue weighted by Gasteiger charge is 2.06. The lowest BCUT2D eigenvalue weighted by Crippen LogP contribution is -2.20. The van der Waals surface area contributed by atoms with E-state index in [0.29, 0.717) is 22.5 Å². The third-order valence-electron chi connectivity index (χ3n) is 3.48. The average molecular weight is 337 g/mol. The number of benzene rings is 2. The van der Waals surface area contributed by atoms with Crippen LogP contribution in [0.4, 0.5) is 0 Å². The number of rotatable bonds is 5. The molecule has 0 amide bonds. The van der Waals surface area contributed by atoms with Crippen LogP contribution in [-0.4, -0.2) is 33.6 Å². The third kappa shape index (κ3) is 3.72. The summed E-state index contributed by atoms with van der Waals surface area (Å²) in [5, 5.41) is 13.3. The van der Waals surface area contributed by atoms with Crippen molar-refractivity contribution in [3.8, 4) is 5.75 Å². The van der Waals surface area contributed by atoms with Crippen molar-refractivity contribution < 1.29 is 14.6 Å². The molecule has 126 valence electrons. The standard InChI is InChI=1S/C18H15N3O4/c1-12-20-16-5-3-2-4-15(16)18(24)21(12)19-10-13-6-8-14(9-7-13)25-11-17(22)23/h2-10H,11H2,1H3,(H,22,23). The van der Waals surface area contributed by atoms with Gasteiger partial charge in [-0.05, 0) is 48.9 Å². The summed E-state index contributed by atoms with van der Waals surface area (Å²) in [6, 6.07) is 13.8. The molecule has 1 heterocycles. The van der Waals surface area contributed by atoms with Crippen LogP contribution in [0.15, 0.2) is 58.4 Å². The van der Waals surface area contributed by atoms with E-state index in [1.165, 1.54) is 10.9 Å². The number of hydrogen-bond acceptors (Lipinski definition) is 5. The minimum Gasteiger partial charge on any atom is -0.482 e. The van der Waals surface area contributed by atoms with Crippen LogP contribution in [0.5, 0.6) is 5.75 Å². The Morgan fingerprint density at radius 1 is 1.24 bits per heavy atom. The Morgan fingerprint density at radius 3 is 2.68 bits per heavy atom. The minimum absolute atomic E-state index is 0.235. The Labute approximate surface area is 142 Å². The van der Waals surface area contributed by atoms with Gasteiger partial charge in [0, 0.05) is 0 Å². The van der Waals surface area contributed by atoms with Crippen molar-refractivity contribution in [2.45, 2.75) is 6.92 Å². The van der Waals surface area contributed by atoms with Gasteiger partial charge in [-0.3, -0.25) is 4.79 Å². The molecule has 3 aromatic rings. The molecule has 0 radical (unpaired) electrons. The summed E-state index contributed by atoms with van der Waals surface area (Å²) in [4.78, 5) is 27.4. The van der Waals surface area contributed by atoms with Crippen molar-refractivity contribution in [2.75, 3.05) is 6.61 Å². The number of nitrogens with zero attached hydrogens (tertiary/aromatic N) is 3. The van der Waals surface area contributed by atoms with Gasteiger partial charge < -0.3 is 9.84 Å². The highest BCUT2D eigenvalue weighted by atomic mass is 16.5. The molecule has 25 heavy (non-hydrogen) atoms. The third-order valence-corrected chi connectivity index (χ3v) is 3.48. The Balaban J connectivity index is 1.86. The topological polar surface area (TPSA) is 93.8 Å². The van der Waals surface area contributed by atoms with Gasteiger partial charge in [0.2, 0.25) is 0 Å². The Hall–Kier alpha value is -3.48. The maximum Gasteiger partial charge on any atom is 0.341 e. The molecule has 1 aromatic heterocycles. The van der Waals surface area contributed by atoms with Gasteiger partial charge in [0.1, 0.15) is 11.6 Å². The van der Waals surface area contributed by atoms with Gasteiger partial charge in [-0.2, -0.15) is 9.78 Å². The molecule has 0 atom stereocenters. The van der Waals surface area contributed by atoms with Crippen molar-refractivity contribution in [3.63, 3.8) is 0 Å². The van der Waals surface area contributed by atoms with Crippen molar-refractivity contribution in [2.24, 2.45) is 5.10 Å². The van der Waals surface area contributed by atoms with Crippen molar-refractivity contribution in [1.82, 2.24) is 9.66 Å². The first kappa shape index (κ1) is 16.4. The number of hydrogen-bond donors (Lipinski definition) is 1. The molecular weight excluding hydrogens is 322 g/mol. The average Bonchev–Trinajstić information content (AvgIpc) is 2.60. The second-order valence-corrected chi connectivity index (χ2v) is 5.29. The number of carboxylic acids is 1. The SMILES string of the molecule is Cc1nc2ccccc2c(=O)n1N=Cc1ccc(OCC(=O)O)cc1. The smallest absolute Gasteiger partial charge is 0.341 e. The summed E-state index contributed by atoms with van der Waals surface area (Å²) in [6.45, 7) is 1.32. The number of para-hydroxylation sites is 1. The number of aromatic nitrogens is 2. The van der Waals surface area contributed by atoms with E-state index in [-0.39, 0.29) is 5.56 Å². The minimum atomic E-state index is -1.04. The van der Waals surface area contributed by atoms with E-state index in [1.54, 1.807) is 49.4 Å². The predicted octanol–water partition coefficient (Wildman–Crippen LogP) is 2.05. The van der Waals surface area contributed by atoms with E-state index in [4.69, 9.17) is 9.84 Å². The summed E-state index contributed by atoms with van der Waals surface area (Å²) < 4.78 is 6.31. The van der Waals surface area contributed by atoms with Gasteiger partial charge in [-0.15, -0.1) is 0 Å². The van der Waals surface area contributed by atoms with E-state index in [0.717, 1.165) is 5.56 Å². The molecule has 0 saturated heterocycles. The molecule has 0 saturated carbocycles. The van der Waals surface area contributed by atoms with E-state index in [9.17, 15) is 9.59 Å². The van der Waals surface area contributed by atoms with Crippen molar-refractivity contribution >= 4 is 23.1 Å². The first-order valence-electron chi connectivity index (χ1n) is 7.52. The number of ether oxygens (including phenoxy) is 1. The van der Waals surface area contributed by atoms with Crippen LogP contribution in [0.3, 0.4) is 0 Å². The van der Waals surface area contributed by atoms with Crippen molar-refractivity contribution in [1.29, 1.82) is 0 Å². The van der Waals surface area contributed by atoms with Crippen LogP contribution in [0.1, 0.15) is 11.4 Å². The fraction of sp³-hybridized carbons (Fsp3) is 0.111. The lowest BCUT2D eigenvalue weighted by molar-refractivity contribution is -0.139. The Morgan fingerprint density at radius 2 is 1.96 bits per heavy atom. The maximum atomic E-state index is 12.5. The normalized spacial score (nSPS) is 11.1. The Bertz CT molecular complexity index is 1010. The zero-order valence-electron chi connectivity index (χ0n) is 13.4. The molecule has 0 aliphatic rings. The fourth-order valence-corrected chi connectivity index (χ4v) is 2.29. The van der Waals surface area contributed by atoms with Gasteiger partial charge in [0.15, 0.2) is 6.61 Å². The summed E-state index contributed by atoms with van der Waals surface area (Å²) in [5.41, 5.74) is 1.14. The van der Waals surface area contributed by atoms with Crippen LogP contribution in [-0.2, 0) is 4.79 Å². The molecule has 2 aromatic carbocycles. The molecule has 0 aliphatic heterocycles. The fourth-order valence-electron chi connectivity index (χ4n) is 2.29. The first-order valence-corrected chi connectivity index (χ1v) is 7.52. The van der Waals surface area contributed by atoms with Crippen LogP contribution in [0.25, 0.3) is 10.9 Å². The molecular formula is C18H15N3O4. The zero-order chi connectivity index (χ0) is 17.8.